The van der Waals surface area contributed by atoms with E-state index in [-0.39, 0.29) is 17.0 Å². The van der Waals surface area contributed by atoms with Gasteiger partial charge in [-0.3, -0.25) is 9.59 Å². The summed E-state index contributed by atoms with van der Waals surface area (Å²) in [5.41, 5.74) is 8.93. The first-order valence-corrected chi connectivity index (χ1v) is 8.07. The molecular formula is C18H24N4O2. The van der Waals surface area contributed by atoms with Crippen molar-refractivity contribution >= 4 is 11.7 Å². The number of nitrogens with zero attached hydrogens (tertiary/aromatic N) is 1. The van der Waals surface area contributed by atoms with Gasteiger partial charge in [-0.25, -0.2) is 4.98 Å². The van der Waals surface area contributed by atoms with Crippen molar-refractivity contribution in [2.45, 2.75) is 46.6 Å². The molecule has 1 amide bonds. The minimum absolute atomic E-state index is 0.112. The molecule has 128 valence electrons. The molecule has 1 unspecified atom stereocenters. The fraction of sp³-hybridized carbons (Fsp3) is 0.389. The Kier molecular flexibility index (Phi) is 5.39. The van der Waals surface area contributed by atoms with Crippen LogP contribution in [0.2, 0.25) is 0 Å². The maximum atomic E-state index is 12.3. The maximum absolute atomic E-state index is 12.3. The molecule has 6 nitrogen and oxygen atoms in total. The lowest BCUT2D eigenvalue weighted by Gasteiger charge is -2.12. The van der Waals surface area contributed by atoms with Crippen molar-refractivity contribution in [3.05, 3.63) is 56.6 Å². The van der Waals surface area contributed by atoms with Crippen LogP contribution in [-0.4, -0.2) is 15.9 Å². The van der Waals surface area contributed by atoms with Gasteiger partial charge >= 0.3 is 0 Å². The number of carbonyl (C=O) groups excluding carboxylic acids is 1. The van der Waals surface area contributed by atoms with Gasteiger partial charge < -0.3 is 16.0 Å². The van der Waals surface area contributed by atoms with Gasteiger partial charge in [0.25, 0.3) is 11.5 Å². The Hall–Kier alpha value is -2.63. The number of anilines is 1. The van der Waals surface area contributed by atoms with Gasteiger partial charge in [-0.15, -0.1) is 0 Å². The third-order valence-corrected chi connectivity index (χ3v) is 4.32. The van der Waals surface area contributed by atoms with E-state index in [1.165, 1.54) is 0 Å². The number of amides is 1. The number of hydrogen-bond acceptors (Lipinski definition) is 4. The van der Waals surface area contributed by atoms with Gasteiger partial charge in [-0.2, -0.15) is 0 Å². The Morgan fingerprint density at radius 2 is 2.08 bits per heavy atom. The van der Waals surface area contributed by atoms with Crippen molar-refractivity contribution in [3.63, 3.8) is 0 Å². The zero-order valence-corrected chi connectivity index (χ0v) is 14.6. The summed E-state index contributed by atoms with van der Waals surface area (Å²) in [4.78, 5) is 31.4. The number of aromatic amines is 1. The normalized spacial score (nSPS) is 12.0. The third-order valence-electron chi connectivity index (χ3n) is 4.32. The predicted molar refractivity (Wildman–Crippen MR) is 95.1 cm³/mol. The number of nitrogens with one attached hydrogen (secondary N) is 2. The van der Waals surface area contributed by atoms with Crippen LogP contribution in [-0.2, 0) is 6.54 Å². The van der Waals surface area contributed by atoms with Crippen molar-refractivity contribution in [1.29, 1.82) is 0 Å². The van der Waals surface area contributed by atoms with Gasteiger partial charge in [0, 0.05) is 17.9 Å². The zero-order valence-electron chi connectivity index (χ0n) is 14.6. The molecule has 6 heteroatoms. The number of nitrogens with two attached hydrogens (primary N) is 1. The number of pyridine rings is 2. The van der Waals surface area contributed by atoms with Crippen molar-refractivity contribution in [3.8, 4) is 0 Å². The first kappa shape index (κ1) is 17.7. The molecule has 2 rings (SSSR count). The summed E-state index contributed by atoms with van der Waals surface area (Å²) in [7, 11) is 0. The molecular weight excluding hydrogens is 304 g/mol. The van der Waals surface area contributed by atoms with Gasteiger partial charge in [0.1, 0.15) is 11.4 Å². The molecule has 2 aromatic rings. The number of carbonyl (C=O) groups is 1. The van der Waals surface area contributed by atoms with Crippen LogP contribution in [0, 0.1) is 13.8 Å². The van der Waals surface area contributed by atoms with E-state index in [1.54, 1.807) is 18.2 Å². The highest BCUT2D eigenvalue weighted by Gasteiger charge is 2.14. The second-order valence-electron chi connectivity index (χ2n) is 6.08. The van der Waals surface area contributed by atoms with Gasteiger partial charge in [0.2, 0.25) is 0 Å². The molecule has 0 radical (unpaired) electrons. The lowest BCUT2D eigenvalue weighted by atomic mass is 10.0. The third kappa shape index (κ3) is 3.82. The second kappa shape index (κ2) is 7.29. The summed E-state index contributed by atoms with van der Waals surface area (Å²) in [6.07, 6.45) is 0.921. The molecule has 0 fully saturated rings. The number of rotatable bonds is 5. The molecule has 0 aliphatic carbocycles. The Morgan fingerprint density at radius 3 is 2.67 bits per heavy atom. The highest BCUT2D eigenvalue weighted by Crippen LogP contribution is 2.16. The Labute approximate surface area is 141 Å². The first-order chi connectivity index (χ1) is 11.3. The number of hydrogen-bond donors (Lipinski definition) is 3. The Balaban J connectivity index is 2.15. The minimum Gasteiger partial charge on any atom is -0.384 e. The smallest absolute Gasteiger partial charge is 0.261 e. The van der Waals surface area contributed by atoms with Gasteiger partial charge in [-0.1, -0.05) is 13.8 Å². The monoisotopic (exact) mass is 328 g/mol. The van der Waals surface area contributed by atoms with Gasteiger partial charge in [0.05, 0.1) is 0 Å². The molecule has 0 saturated heterocycles. The number of nitrogen functional groups attached to an aromatic ring is 1. The Bertz CT molecular complexity index is 788. The van der Waals surface area contributed by atoms with E-state index in [9.17, 15) is 9.59 Å². The largest absolute Gasteiger partial charge is 0.384 e. The Morgan fingerprint density at radius 1 is 1.38 bits per heavy atom. The highest BCUT2D eigenvalue weighted by atomic mass is 16.2. The summed E-state index contributed by atoms with van der Waals surface area (Å²) >= 11 is 0. The van der Waals surface area contributed by atoms with E-state index < -0.39 is 5.91 Å². The molecule has 0 spiro atoms. The molecule has 2 aromatic heterocycles. The minimum atomic E-state index is -0.400. The lowest BCUT2D eigenvalue weighted by molar-refractivity contribution is 0.0949. The zero-order chi connectivity index (χ0) is 17.9. The van der Waals surface area contributed by atoms with Crippen LogP contribution in [0.3, 0.4) is 0 Å². The summed E-state index contributed by atoms with van der Waals surface area (Å²) in [5, 5.41) is 2.78. The van der Waals surface area contributed by atoms with Crippen LogP contribution >= 0.6 is 0 Å². The van der Waals surface area contributed by atoms with E-state index in [2.05, 4.69) is 22.2 Å². The molecule has 2 heterocycles. The SMILES string of the molecule is CCC(C)c1ccc(C(=O)NCc2c(C)cc(N)nc2C)c(=O)[nH]1. The lowest BCUT2D eigenvalue weighted by Crippen LogP contribution is -2.30. The first-order valence-electron chi connectivity index (χ1n) is 8.07. The standard InChI is InChI=1S/C18H24N4O2/c1-5-10(2)15-7-6-13(18(24)22-15)17(23)20-9-14-11(3)8-16(19)21-12(14)4/h6-8,10H,5,9H2,1-4H3,(H2,19,21)(H,20,23)(H,22,24). The van der Waals surface area contributed by atoms with E-state index >= 15 is 0 Å². The van der Waals surface area contributed by atoms with Crippen LogP contribution in [0.1, 0.15) is 59.1 Å². The van der Waals surface area contributed by atoms with Crippen LogP contribution in [0.4, 0.5) is 5.82 Å². The highest BCUT2D eigenvalue weighted by molar-refractivity contribution is 5.93. The second-order valence-corrected chi connectivity index (χ2v) is 6.08. The summed E-state index contributed by atoms with van der Waals surface area (Å²) in [6, 6.07) is 5.14. The summed E-state index contributed by atoms with van der Waals surface area (Å²) in [5.74, 6) is 0.306. The number of aromatic nitrogens is 2. The van der Waals surface area contributed by atoms with Crippen LogP contribution < -0.4 is 16.6 Å². The molecule has 1 atom stereocenters. The van der Waals surface area contributed by atoms with Crippen LogP contribution in [0.25, 0.3) is 0 Å². The van der Waals surface area contributed by atoms with Crippen LogP contribution in [0.15, 0.2) is 23.0 Å². The van der Waals surface area contributed by atoms with Crippen molar-refractivity contribution in [1.82, 2.24) is 15.3 Å². The van der Waals surface area contributed by atoms with Crippen molar-refractivity contribution in [2.24, 2.45) is 0 Å². The fourth-order valence-electron chi connectivity index (χ4n) is 2.59. The van der Waals surface area contributed by atoms with Crippen LogP contribution in [0.5, 0.6) is 0 Å². The van der Waals surface area contributed by atoms with Crippen molar-refractivity contribution in [2.75, 3.05) is 5.73 Å². The topological polar surface area (TPSA) is 101 Å². The number of H-pyrrole nitrogens is 1. The fourth-order valence-corrected chi connectivity index (χ4v) is 2.59. The summed E-state index contributed by atoms with van der Waals surface area (Å²) < 4.78 is 0. The van der Waals surface area contributed by atoms with E-state index in [4.69, 9.17) is 5.73 Å². The molecule has 0 bridgehead atoms. The molecule has 4 N–H and O–H groups in total. The van der Waals surface area contributed by atoms with E-state index in [0.717, 1.165) is 28.9 Å². The van der Waals surface area contributed by atoms with E-state index in [1.807, 2.05) is 20.8 Å². The maximum Gasteiger partial charge on any atom is 0.261 e. The molecule has 0 aliphatic heterocycles. The number of aryl methyl sites for hydroxylation is 2. The quantitative estimate of drug-likeness (QED) is 0.784. The molecule has 0 saturated carbocycles. The van der Waals surface area contributed by atoms with Gasteiger partial charge in [0.15, 0.2) is 0 Å². The van der Waals surface area contributed by atoms with Gasteiger partial charge in [-0.05, 0) is 55.5 Å². The molecule has 0 aromatic carbocycles. The average molecular weight is 328 g/mol. The average Bonchev–Trinajstić information content (AvgIpc) is 2.52. The molecule has 24 heavy (non-hydrogen) atoms. The van der Waals surface area contributed by atoms with E-state index in [0.29, 0.717) is 12.4 Å². The van der Waals surface area contributed by atoms with Crippen molar-refractivity contribution < 1.29 is 4.79 Å². The predicted octanol–water partition coefficient (Wildman–Crippen LogP) is 2.41. The summed E-state index contributed by atoms with van der Waals surface area (Å²) in [6.45, 7) is 8.15. The molecule has 0 aliphatic rings.